The Labute approximate surface area is 224 Å². The average Bonchev–Trinajstić information content (AvgIpc) is 3.42. The molecule has 0 unspecified atom stereocenters. The van der Waals surface area contributed by atoms with Crippen molar-refractivity contribution >= 4 is 39.1 Å². The van der Waals surface area contributed by atoms with Gasteiger partial charge in [0.15, 0.2) is 6.10 Å². The summed E-state index contributed by atoms with van der Waals surface area (Å²) in [4.78, 5) is 27.6. The summed E-state index contributed by atoms with van der Waals surface area (Å²) in [6.07, 6.45) is 3.22. The second-order valence-electron chi connectivity index (χ2n) is 10.5. The number of pyridine rings is 2. The molecule has 0 amide bonds. The Bertz CT molecular complexity index is 1700. The van der Waals surface area contributed by atoms with E-state index in [0.717, 1.165) is 61.2 Å². The lowest BCUT2D eigenvalue weighted by atomic mass is 9.86. The number of carboxylic acid groups (broad SMARTS) is 1. The van der Waals surface area contributed by atoms with Gasteiger partial charge in [-0.2, -0.15) is 0 Å². The van der Waals surface area contributed by atoms with Gasteiger partial charge in [-0.05, 0) is 80.8 Å². The number of aryl methyl sites for hydroxylation is 1. The molecule has 1 atom stereocenters. The van der Waals surface area contributed by atoms with Crippen molar-refractivity contribution in [2.75, 3.05) is 6.61 Å². The van der Waals surface area contributed by atoms with Crippen LogP contribution in [0.15, 0.2) is 54.3 Å². The molecule has 5 aromatic rings. The van der Waals surface area contributed by atoms with Crippen LogP contribution in [0.2, 0.25) is 0 Å². The van der Waals surface area contributed by atoms with E-state index < -0.39 is 17.7 Å². The minimum atomic E-state index is -1.18. The Balaban J connectivity index is 1.71. The van der Waals surface area contributed by atoms with E-state index in [1.165, 1.54) is 16.9 Å². The first kappa shape index (κ1) is 24.5. The first-order chi connectivity index (χ1) is 18.2. The van der Waals surface area contributed by atoms with Gasteiger partial charge in [-0.25, -0.2) is 9.78 Å². The van der Waals surface area contributed by atoms with Gasteiger partial charge >= 0.3 is 5.97 Å². The monoisotopic (exact) mass is 525 g/mol. The highest BCUT2D eigenvalue weighted by atomic mass is 32.1. The summed E-state index contributed by atoms with van der Waals surface area (Å²) in [6.45, 7) is 8.13. The fraction of sp³-hybridized carbons (Fsp3) is 0.267. The second kappa shape index (κ2) is 9.15. The van der Waals surface area contributed by atoms with E-state index >= 15 is 0 Å². The van der Waals surface area contributed by atoms with Crippen molar-refractivity contribution < 1.29 is 19.4 Å². The van der Waals surface area contributed by atoms with Gasteiger partial charge in [0, 0.05) is 40.7 Å². The third-order valence-electron chi connectivity index (χ3n) is 6.72. The molecule has 6 rings (SSSR count). The second-order valence-corrected chi connectivity index (χ2v) is 11.3. The quantitative estimate of drug-likeness (QED) is 0.271. The molecule has 0 spiro atoms. The van der Waals surface area contributed by atoms with Gasteiger partial charge in [0.2, 0.25) is 0 Å². The highest BCUT2D eigenvalue weighted by molar-refractivity contribution is 7.13. The van der Waals surface area contributed by atoms with Crippen molar-refractivity contribution in [1.29, 1.82) is 0 Å². The molecule has 0 bridgehead atoms. The zero-order valence-electron chi connectivity index (χ0n) is 21.6. The maximum absolute atomic E-state index is 12.7. The number of carboxylic acids is 1. The van der Waals surface area contributed by atoms with Gasteiger partial charge in [0.1, 0.15) is 5.75 Å². The highest BCUT2D eigenvalue weighted by Gasteiger charge is 2.33. The van der Waals surface area contributed by atoms with E-state index in [0.29, 0.717) is 12.2 Å². The van der Waals surface area contributed by atoms with Crippen LogP contribution in [-0.4, -0.2) is 38.2 Å². The largest absolute Gasteiger partial charge is 0.493 e. The summed E-state index contributed by atoms with van der Waals surface area (Å²) in [7, 11) is 0. The first-order valence-electron chi connectivity index (χ1n) is 12.5. The minimum Gasteiger partial charge on any atom is -0.493 e. The predicted molar refractivity (Wildman–Crippen MR) is 149 cm³/mol. The van der Waals surface area contributed by atoms with Crippen LogP contribution < -0.4 is 4.74 Å². The van der Waals surface area contributed by atoms with Crippen LogP contribution in [0.3, 0.4) is 0 Å². The number of aliphatic carboxylic acids is 1. The Kier molecular flexibility index (Phi) is 5.89. The van der Waals surface area contributed by atoms with Crippen molar-refractivity contribution in [2.24, 2.45) is 0 Å². The van der Waals surface area contributed by atoms with Gasteiger partial charge < -0.3 is 14.6 Å². The molecule has 0 radical (unpaired) electrons. The van der Waals surface area contributed by atoms with Gasteiger partial charge in [-0.15, -0.1) is 11.3 Å². The van der Waals surface area contributed by atoms with E-state index in [9.17, 15) is 9.90 Å². The number of nitrogens with zero attached hydrogens (tertiary/aromatic N) is 3. The fourth-order valence-electron chi connectivity index (χ4n) is 5.22. The Hall–Kier alpha value is -3.88. The maximum Gasteiger partial charge on any atom is 0.337 e. The zero-order chi connectivity index (χ0) is 26.6. The average molecular weight is 526 g/mol. The lowest BCUT2D eigenvalue weighted by Gasteiger charge is -2.29. The molecule has 2 aromatic carbocycles. The number of thiazole rings is 1. The van der Waals surface area contributed by atoms with Crippen molar-refractivity contribution in [3.63, 3.8) is 0 Å². The zero-order valence-corrected chi connectivity index (χ0v) is 22.4. The smallest absolute Gasteiger partial charge is 0.337 e. The molecule has 0 aliphatic carbocycles. The van der Waals surface area contributed by atoms with Crippen LogP contribution in [-0.2, 0) is 16.0 Å². The standard InChI is InChI=1S/C30H27N3O4S/c1-16-13-21-18(5-7-20(33-21)23-14-31-15-38-23)26(24(16)28(29(34)35)37-30(2,3)4)19-6-8-22-25-17(10-12-36-22)9-11-32-27(19)25/h5-9,11,13-15,28H,10,12H2,1-4H3,(H,34,35)/t28-/m0/s1. The number of benzene rings is 2. The van der Waals surface area contributed by atoms with Crippen molar-refractivity contribution in [3.8, 4) is 27.4 Å². The Morgan fingerprint density at radius 1 is 1.18 bits per heavy atom. The predicted octanol–water partition coefficient (Wildman–Crippen LogP) is 6.76. The van der Waals surface area contributed by atoms with Crippen LogP contribution in [0.4, 0.5) is 0 Å². The molecule has 1 aliphatic rings. The number of hydrogen-bond acceptors (Lipinski definition) is 7. The number of ether oxygens (including phenoxy) is 2. The van der Waals surface area contributed by atoms with Crippen LogP contribution >= 0.6 is 11.3 Å². The first-order valence-corrected chi connectivity index (χ1v) is 13.4. The van der Waals surface area contributed by atoms with Gasteiger partial charge in [0.05, 0.1) is 39.3 Å². The molecule has 0 fully saturated rings. The third-order valence-corrected chi connectivity index (χ3v) is 7.52. The molecule has 1 N–H and O–H groups in total. The molecule has 4 heterocycles. The number of aromatic nitrogens is 3. The van der Waals surface area contributed by atoms with Crippen LogP contribution in [0.1, 0.15) is 43.6 Å². The number of hydrogen-bond donors (Lipinski definition) is 1. The normalized spacial score (nSPS) is 14.0. The Morgan fingerprint density at radius 3 is 2.76 bits per heavy atom. The molecule has 3 aromatic heterocycles. The fourth-order valence-corrected chi connectivity index (χ4v) is 5.81. The molecule has 0 saturated carbocycles. The van der Waals surface area contributed by atoms with E-state index in [4.69, 9.17) is 19.4 Å². The maximum atomic E-state index is 12.7. The Morgan fingerprint density at radius 2 is 2.03 bits per heavy atom. The topological polar surface area (TPSA) is 94.4 Å². The van der Waals surface area contributed by atoms with Crippen molar-refractivity contribution in [1.82, 2.24) is 15.0 Å². The molecule has 38 heavy (non-hydrogen) atoms. The summed E-state index contributed by atoms with van der Waals surface area (Å²) < 4.78 is 12.1. The summed E-state index contributed by atoms with van der Waals surface area (Å²) in [5.74, 6) is -0.250. The number of fused-ring (bicyclic) bond motifs is 1. The van der Waals surface area contributed by atoms with Crippen LogP contribution in [0.5, 0.6) is 5.75 Å². The van der Waals surface area contributed by atoms with Gasteiger partial charge in [0.25, 0.3) is 0 Å². The highest BCUT2D eigenvalue weighted by Crippen LogP contribution is 2.45. The molecule has 0 saturated heterocycles. The molecule has 1 aliphatic heterocycles. The molecule has 192 valence electrons. The lowest BCUT2D eigenvalue weighted by Crippen LogP contribution is -2.28. The van der Waals surface area contributed by atoms with Crippen molar-refractivity contribution in [3.05, 3.63) is 71.0 Å². The molecular weight excluding hydrogens is 498 g/mol. The third kappa shape index (κ3) is 4.19. The number of rotatable bonds is 5. The summed E-state index contributed by atoms with van der Waals surface area (Å²) in [5, 5.41) is 12.2. The minimum absolute atomic E-state index is 0.603. The van der Waals surface area contributed by atoms with E-state index in [1.54, 1.807) is 11.7 Å². The van der Waals surface area contributed by atoms with Gasteiger partial charge in [-0.3, -0.25) is 9.97 Å². The van der Waals surface area contributed by atoms with E-state index in [2.05, 4.69) is 4.98 Å². The summed E-state index contributed by atoms with van der Waals surface area (Å²) in [6, 6.07) is 11.9. The van der Waals surface area contributed by atoms with Gasteiger partial charge in [-0.1, -0.05) is 0 Å². The number of carbonyl (C=O) groups is 1. The molecule has 8 heteroatoms. The molecule has 7 nitrogen and oxygen atoms in total. The summed E-state index contributed by atoms with van der Waals surface area (Å²) in [5.41, 5.74) is 7.63. The van der Waals surface area contributed by atoms with Crippen LogP contribution in [0.25, 0.3) is 43.5 Å². The molecular formula is C30H27N3O4S. The van der Waals surface area contributed by atoms with Crippen LogP contribution in [0, 0.1) is 6.92 Å². The van der Waals surface area contributed by atoms with E-state index in [-0.39, 0.29) is 0 Å². The summed E-state index contributed by atoms with van der Waals surface area (Å²) >= 11 is 1.53. The lowest BCUT2D eigenvalue weighted by molar-refractivity contribution is -0.160. The van der Waals surface area contributed by atoms with Crippen molar-refractivity contribution in [2.45, 2.75) is 45.8 Å². The van der Waals surface area contributed by atoms with E-state index in [1.807, 2.05) is 70.3 Å². The SMILES string of the molecule is Cc1cc2nc(-c3cncs3)ccc2c(-c2ccc3c4c(ccnc24)CCO3)c1[C@H](OC(C)(C)C)C(=O)O.